The number of fused-ring (bicyclic) bond motifs is 1. The first kappa shape index (κ1) is 21.0. The molecule has 2 aromatic heterocycles. The Balaban J connectivity index is 1.96. The summed E-state index contributed by atoms with van der Waals surface area (Å²) in [4.78, 5) is 11.3. The van der Waals surface area contributed by atoms with Crippen molar-refractivity contribution in [1.29, 1.82) is 0 Å². The molecule has 158 valence electrons. The molecule has 8 heteroatoms. The number of benzene rings is 1. The lowest BCUT2D eigenvalue weighted by Crippen LogP contribution is -2.46. The first-order chi connectivity index (χ1) is 14.3. The molecule has 6 nitrogen and oxygen atoms in total. The normalized spacial score (nSPS) is 16.7. The van der Waals surface area contributed by atoms with Crippen molar-refractivity contribution in [3.05, 3.63) is 47.4 Å². The van der Waals surface area contributed by atoms with Gasteiger partial charge in [0.25, 0.3) is 10.1 Å². The lowest BCUT2D eigenvalue weighted by Gasteiger charge is -2.40. The lowest BCUT2D eigenvalue weighted by atomic mass is 9.98. The van der Waals surface area contributed by atoms with Crippen LogP contribution in [0.4, 0.5) is 5.82 Å². The van der Waals surface area contributed by atoms with E-state index in [1.54, 1.807) is 30.6 Å². The SMILES string of the molecule is CCCOS(=O)(=O)c1ccc(C)cc1-c1cnc(N2CC[C@H]2C)c2cnc(Cl)cc12. The maximum atomic E-state index is 12.9. The van der Waals surface area contributed by atoms with Gasteiger partial charge in [-0.3, -0.25) is 4.18 Å². The summed E-state index contributed by atoms with van der Waals surface area (Å²) in [5.41, 5.74) is 2.18. The van der Waals surface area contributed by atoms with E-state index in [0.717, 1.165) is 35.1 Å². The molecule has 1 saturated heterocycles. The molecule has 0 amide bonds. The van der Waals surface area contributed by atoms with E-state index in [4.69, 9.17) is 20.8 Å². The Bertz CT molecular complexity index is 1210. The molecule has 30 heavy (non-hydrogen) atoms. The van der Waals surface area contributed by atoms with Gasteiger partial charge in [-0.1, -0.05) is 30.2 Å². The van der Waals surface area contributed by atoms with Crippen molar-refractivity contribution < 1.29 is 12.6 Å². The molecule has 0 unspecified atom stereocenters. The molecule has 0 saturated carbocycles. The summed E-state index contributed by atoms with van der Waals surface area (Å²) in [5.74, 6) is 0.843. The van der Waals surface area contributed by atoms with E-state index >= 15 is 0 Å². The lowest BCUT2D eigenvalue weighted by molar-refractivity contribution is 0.318. The average Bonchev–Trinajstić information content (AvgIpc) is 2.71. The molecule has 1 aromatic carbocycles. The molecule has 0 radical (unpaired) electrons. The molecule has 3 aromatic rings. The van der Waals surface area contributed by atoms with Gasteiger partial charge in [0.15, 0.2) is 0 Å². The number of aryl methyl sites for hydroxylation is 1. The van der Waals surface area contributed by atoms with Crippen LogP contribution in [0, 0.1) is 6.92 Å². The fraction of sp³-hybridized carbons (Fsp3) is 0.364. The molecular formula is C22H24ClN3O3S. The number of pyridine rings is 2. The highest BCUT2D eigenvalue weighted by Crippen LogP contribution is 2.39. The number of aromatic nitrogens is 2. The van der Waals surface area contributed by atoms with Gasteiger partial charge in [0, 0.05) is 41.5 Å². The van der Waals surface area contributed by atoms with Crippen LogP contribution in [-0.2, 0) is 14.3 Å². The fourth-order valence-electron chi connectivity index (χ4n) is 3.70. The molecule has 1 aliphatic heterocycles. The van der Waals surface area contributed by atoms with Gasteiger partial charge in [0.05, 0.1) is 6.61 Å². The maximum absolute atomic E-state index is 12.9. The molecule has 0 N–H and O–H groups in total. The van der Waals surface area contributed by atoms with Crippen LogP contribution in [0.2, 0.25) is 5.15 Å². The molecule has 1 aliphatic rings. The van der Waals surface area contributed by atoms with Crippen molar-refractivity contribution in [1.82, 2.24) is 9.97 Å². The summed E-state index contributed by atoms with van der Waals surface area (Å²) < 4.78 is 31.0. The second kappa shape index (κ2) is 8.13. The summed E-state index contributed by atoms with van der Waals surface area (Å²) in [6, 6.07) is 7.38. The predicted octanol–water partition coefficient (Wildman–Crippen LogP) is 4.97. The Labute approximate surface area is 182 Å². The average molecular weight is 446 g/mol. The van der Waals surface area contributed by atoms with Crippen LogP contribution in [0.3, 0.4) is 0 Å². The van der Waals surface area contributed by atoms with Crippen LogP contribution < -0.4 is 4.90 Å². The quantitative estimate of drug-likeness (QED) is 0.394. The number of rotatable bonds is 6. The fourth-order valence-corrected chi connectivity index (χ4v) is 5.04. The number of anilines is 1. The highest BCUT2D eigenvalue weighted by molar-refractivity contribution is 7.87. The Morgan fingerprint density at radius 2 is 1.97 bits per heavy atom. The molecule has 1 fully saturated rings. The van der Waals surface area contributed by atoms with Crippen molar-refractivity contribution >= 4 is 38.3 Å². The second-order valence-electron chi connectivity index (χ2n) is 7.65. The molecule has 0 spiro atoms. The van der Waals surface area contributed by atoms with Gasteiger partial charge in [-0.05, 0) is 50.3 Å². The van der Waals surface area contributed by atoms with Gasteiger partial charge in [0.2, 0.25) is 0 Å². The molecule has 0 aliphatic carbocycles. The van der Waals surface area contributed by atoms with E-state index in [1.807, 2.05) is 19.9 Å². The van der Waals surface area contributed by atoms with E-state index in [2.05, 4.69) is 16.8 Å². The third-order valence-electron chi connectivity index (χ3n) is 5.45. The van der Waals surface area contributed by atoms with Crippen molar-refractivity contribution in [2.75, 3.05) is 18.1 Å². The topological polar surface area (TPSA) is 72.4 Å². The monoisotopic (exact) mass is 445 g/mol. The zero-order chi connectivity index (χ0) is 21.5. The summed E-state index contributed by atoms with van der Waals surface area (Å²) in [7, 11) is -3.91. The Morgan fingerprint density at radius 1 is 1.17 bits per heavy atom. The minimum atomic E-state index is -3.91. The van der Waals surface area contributed by atoms with Gasteiger partial charge < -0.3 is 4.90 Å². The van der Waals surface area contributed by atoms with E-state index in [1.165, 1.54) is 0 Å². The van der Waals surface area contributed by atoms with Gasteiger partial charge in [-0.25, -0.2) is 9.97 Å². The van der Waals surface area contributed by atoms with Crippen LogP contribution in [-0.4, -0.2) is 37.6 Å². The third-order valence-corrected chi connectivity index (χ3v) is 7.03. The van der Waals surface area contributed by atoms with E-state index in [-0.39, 0.29) is 11.5 Å². The van der Waals surface area contributed by atoms with Gasteiger partial charge in [0.1, 0.15) is 15.9 Å². The largest absolute Gasteiger partial charge is 0.353 e. The number of halogens is 1. The first-order valence-electron chi connectivity index (χ1n) is 10.0. The summed E-state index contributed by atoms with van der Waals surface area (Å²) in [6.07, 6.45) is 5.16. The number of hydrogen-bond acceptors (Lipinski definition) is 6. The number of hydrogen-bond donors (Lipinski definition) is 0. The van der Waals surface area contributed by atoms with Crippen LogP contribution in [0.1, 0.15) is 32.3 Å². The molecule has 1 atom stereocenters. The highest BCUT2D eigenvalue weighted by Gasteiger charge is 2.28. The highest BCUT2D eigenvalue weighted by atomic mass is 35.5. The summed E-state index contributed by atoms with van der Waals surface area (Å²) in [5, 5.41) is 2.01. The van der Waals surface area contributed by atoms with Crippen molar-refractivity contribution in [2.24, 2.45) is 0 Å². The standard InChI is InChI=1S/C22H24ClN3O3S/c1-4-9-29-30(27,28)20-6-5-14(2)10-17(20)18-12-25-22(26-8-7-15(26)3)19-13-24-21(23)11-16(18)19/h5-6,10-13,15H,4,7-9H2,1-3H3/t15-/m1/s1. The van der Waals surface area contributed by atoms with Crippen molar-refractivity contribution in [3.63, 3.8) is 0 Å². The van der Waals surface area contributed by atoms with Crippen LogP contribution >= 0.6 is 11.6 Å². The summed E-state index contributed by atoms with van der Waals surface area (Å²) >= 11 is 6.23. The summed E-state index contributed by atoms with van der Waals surface area (Å²) in [6.45, 7) is 7.02. The zero-order valence-electron chi connectivity index (χ0n) is 17.2. The van der Waals surface area contributed by atoms with Crippen molar-refractivity contribution in [3.8, 4) is 11.1 Å². The smallest absolute Gasteiger partial charge is 0.297 e. The number of nitrogens with zero attached hydrogens (tertiary/aromatic N) is 3. The van der Waals surface area contributed by atoms with E-state index in [0.29, 0.717) is 28.7 Å². The van der Waals surface area contributed by atoms with Crippen molar-refractivity contribution in [2.45, 2.75) is 44.6 Å². The van der Waals surface area contributed by atoms with Gasteiger partial charge >= 0.3 is 0 Å². The first-order valence-corrected chi connectivity index (χ1v) is 11.8. The molecular weight excluding hydrogens is 422 g/mol. The Kier molecular flexibility index (Phi) is 5.70. The second-order valence-corrected chi connectivity index (χ2v) is 9.63. The van der Waals surface area contributed by atoms with Gasteiger partial charge in [-0.15, -0.1) is 0 Å². The Hall–Kier alpha value is -2.22. The zero-order valence-corrected chi connectivity index (χ0v) is 18.8. The third kappa shape index (κ3) is 3.77. The van der Waals surface area contributed by atoms with Gasteiger partial charge in [-0.2, -0.15) is 8.42 Å². The maximum Gasteiger partial charge on any atom is 0.297 e. The minimum Gasteiger partial charge on any atom is -0.353 e. The van der Waals surface area contributed by atoms with Crippen LogP contribution in [0.25, 0.3) is 21.9 Å². The van der Waals surface area contributed by atoms with E-state index in [9.17, 15) is 8.42 Å². The molecule has 3 heterocycles. The molecule has 0 bridgehead atoms. The van der Waals surface area contributed by atoms with E-state index < -0.39 is 10.1 Å². The molecule has 4 rings (SSSR count). The predicted molar refractivity (Wildman–Crippen MR) is 120 cm³/mol. The minimum absolute atomic E-state index is 0.127. The van der Waals surface area contributed by atoms with Crippen LogP contribution in [0.5, 0.6) is 0 Å². The van der Waals surface area contributed by atoms with Crippen LogP contribution in [0.15, 0.2) is 41.6 Å². The Morgan fingerprint density at radius 3 is 2.63 bits per heavy atom.